The van der Waals surface area contributed by atoms with Crippen LogP contribution in [0.3, 0.4) is 0 Å². The van der Waals surface area contributed by atoms with Crippen molar-refractivity contribution in [1.82, 2.24) is 4.57 Å². The van der Waals surface area contributed by atoms with E-state index in [-0.39, 0.29) is 16.4 Å². The van der Waals surface area contributed by atoms with Crippen molar-refractivity contribution in [3.05, 3.63) is 88.3 Å². The van der Waals surface area contributed by atoms with Crippen molar-refractivity contribution in [3.63, 3.8) is 0 Å². The number of hydrogen-bond donors (Lipinski definition) is 1. The zero-order chi connectivity index (χ0) is 27.5. The van der Waals surface area contributed by atoms with Crippen molar-refractivity contribution < 1.29 is 35.5 Å². The van der Waals surface area contributed by atoms with Gasteiger partial charge in [-0.25, -0.2) is 22.9 Å². The number of primary sulfonamides is 1. The Balaban J connectivity index is 1.70. The highest BCUT2D eigenvalue weighted by molar-refractivity contribution is 7.89. The highest BCUT2D eigenvalue weighted by atomic mass is 32.2. The van der Waals surface area contributed by atoms with Crippen LogP contribution in [0.2, 0.25) is 0 Å². The van der Waals surface area contributed by atoms with Gasteiger partial charge in [0.2, 0.25) is 10.0 Å². The van der Waals surface area contributed by atoms with Gasteiger partial charge in [-0.1, -0.05) is 12.1 Å². The molecule has 0 spiro atoms. The molecule has 0 radical (unpaired) electrons. The molecule has 0 unspecified atom stereocenters. The maximum atomic E-state index is 14.5. The van der Waals surface area contributed by atoms with Gasteiger partial charge in [0.15, 0.2) is 16.4 Å². The number of nitrogens with two attached hydrogens (primary N) is 1. The molecule has 0 bridgehead atoms. The number of thiazole rings is 1. The van der Waals surface area contributed by atoms with E-state index in [0.29, 0.717) is 34.7 Å². The Labute approximate surface area is 219 Å². The van der Waals surface area contributed by atoms with Crippen molar-refractivity contribution in [1.29, 1.82) is 0 Å². The minimum atomic E-state index is -4.80. The van der Waals surface area contributed by atoms with E-state index in [1.807, 2.05) is 4.57 Å². The second kappa shape index (κ2) is 11.0. The maximum absolute atomic E-state index is 14.5. The number of aromatic nitrogens is 1. The van der Waals surface area contributed by atoms with Gasteiger partial charge in [0, 0.05) is 17.5 Å². The number of methoxy groups -OCH3 is 1. The first-order chi connectivity index (χ1) is 17.9. The zero-order valence-corrected chi connectivity index (χ0v) is 21.4. The smallest absolute Gasteiger partial charge is 0.494 e. The summed E-state index contributed by atoms with van der Waals surface area (Å²) in [4.78, 5) is 5.08. The summed E-state index contributed by atoms with van der Waals surface area (Å²) in [6.45, 7) is 0.384. The van der Waals surface area contributed by atoms with Crippen LogP contribution >= 0.6 is 11.3 Å². The molecule has 0 saturated carbocycles. The van der Waals surface area contributed by atoms with Crippen LogP contribution in [0.15, 0.2) is 82.0 Å². The fourth-order valence-corrected chi connectivity index (χ4v) is 5.08. The predicted molar refractivity (Wildman–Crippen MR) is 134 cm³/mol. The summed E-state index contributed by atoms with van der Waals surface area (Å²) in [6.07, 6.45) is -4.33. The van der Waals surface area contributed by atoms with Gasteiger partial charge < -0.3 is 14.0 Å². The van der Waals surface area contributed by atoms with E-state index in [2.05, 4.69) is 9.73 Å². The van der Waals surface area contributed by atoms with Gasteiger partial charge in [-0.2, -0.15) is 0 Å². The third kappa shape index (κ3) is 6.79. The van der Waals surface area contributed by atoms with Gasteiger partial charge in [0.05, 0.1) is 23.4 Å². The highest BCUT2D eigenvalue weighted by Crippen LogP contribution is 2.28. The SMILES string of the molecule is COc1ccc(-c2csc(=Nc3ccc(OC(F)(F)F)cc3)n2CCc2ccc(S(N)(=O)=O)cc2)cc1F. The van der Waals surface area contributed by atoms with E-state index in [1.165, 1.54) is 54.8 Å². The number of rotatable bonds is 8. The first-order valence-electron chi connectivity index (χ1n) is 11.0. The average molecular weight is 568 g/mol. The van der Waals surface area contributed by atoms with Crippen LogP contribution in [0.5, 0.6) is 11.5 Å². The number of nitrogens with zero attached hydrogens (tertiary/aromatic N) is 2. The van der Waals surface area contributed by atoms with Gasteiger partial charge in [0.1, 0.15) is 5.75 Å². The Morgan fingerprint density at radius 1 is 1.03 bits per heavy atom. The first-order valence-corrected chi connectivity index (χ1v) is 13.4. The molecule has 2 N–H and O–H groups in total. The molecule has 0 atom stereocenters. The lowest BCUT2D eigenvalue weighted by molar-refractivity contribution is -0.274. The quantitative estimate of drug-likeness (QED) is 0.289. The first kappa shape index (κ1) is 27.4. The molecule has 0 aliphatic heterocycles. The summed E-state index contributed by atoms with van der Waals surface area (Å²) in [7, 11) is -2.45. The van der Waals surface area contributed by atoms with Crippen molar-refractivity contribution in [2.45, 2.75) is 24.2 Å². The van der Waals surface area contributed by atoms with Crippen LogP contribution in [0.4, 0.5) is 23.2 Å². The minimum absolute atomic E-state index is 0.00697. The molecular weight excluding hydrogens is 546 g/mol. The average Bonchev–Trinajstić information content (AvgIpc) is 3.25. The Hall–Kier alpha value is -3.68. The largest absolute Gasteiger partial charge is 0.573 e. The molecule has 1 aromatic heterocycles. The number of sulfonamides is 1. The number of halogens is 4. The normalized spacial score (nSPS) is 12.5. The van der Waals surface area contributed by atoms with E-state index in [4.69, 9.17) is 9.88 Å². The second-order valence-corrected chi connectivity index (χ2v) is 10.4. The Bertz CT molecular complexity index is 1600. The number of benzene rings is 3. The topological polar surface area (TPSA) is 95.9 Å². The lowest BCUT2D eigenvalue weighted by Crippen LogP contribution is -2.18. The summed E-state index contributed by atoms with van der Waals surface area (Å²) in [5.41, 5.74) is 2.44. The van der Waals surface area contributed by atoms with Gasteiger partial charge in [-0.3, -0.25) is 0 Å². The van der Waals surface area contributed by atoms with Gasteiger partial charge in [-0.05, 0) is 66.6 Å². The monoisotopic (exact) mass is 567 g/mol. The van der Waals surface area contributed by atoms with Crippen LogP contribution in [0.1, 0.15) is 5.56 Å². The lowest BCUT2D eigenvalue weighted by atomic mass is 10.1. The minimum Gasteiger partial charge on any atom is -0.494 e. The van der Waals surface area contributed by atoms with Crippen molar-refractivity contribution >= 4 is 27.0 Å². The standard InChI is InChI=1S/C25H21F4N3O4S2/c1-35-23-11-4-17(14-21(23)26)22-15-37-24(31-18-5-7-19(8-6-18)36-25(27,28)29)32(22)13-12-16-2-9-20(10-3-16)38(30,33)34/h2-11,14-15H,12-13H2,1H3,(H2,30,33,34). The van der Waals surface area contributed by atoms with Crippen molar-refractivity contribution in [2.24, 2.45) is 10.1 Å². The van der Waals surface area contributed by atoms with E-state index < -0.39 is 22.2 Å². The maximum Gasteiger partial charge on any atom is 0.573 e. The van der Waals surface area contributed by atoms with Crippen molar-refractivity contribution in [3.8, 4) is 22.8 Å². The van der Waals surface area contributed by atoms with E-state index in [0.717, 1.165) is 17.7 Å². The Kier molecular flexibility index (Phi) is 7.90. The van der Waals surface area contributed by atoms with E-state index >= 15 is 0 Å². The predicted octanol–water partition coefficient (Wildman–Crippen LogP) is 5.39. The molecule has 7 nitrogen and oxygen atoms in total. The Morgan fingerprint density at radius 2 is 1.71 bits per heavy atom. The molecule has 0 aliphatic rings. The summed E-state index contributed by atoms with van der Waals surface area (Å²) in [6, 6.07) is 15.8. The fraction of sp³-hybridized carbons (Fsp3) is 0.160. The van der Waals surface area contributed by atoms with Crippen LogP contribution < -0.4 is 19.4 Å². The summed E-state index contributed by atoms with van der Waals surface area (Å²) in [5, 5.41) is 6.96. The number of alkyl halides is 3. The Morgan fingerprint density at radius 3 is 2.29 bits per heavy atom. The zero-order valence-electron chi connectivity index (χ0n) is 19.8. The van der Waals surface area contributed by atoms with Gasteiger partial charge in [-0.15, -0.1) is 24.5 Å². The van der Waals surface area contributed by atoms with Gasteiger partial charge in [0.25, 0.3) is 0 Å². The fourth-order valence-electron chi connectivity index (χ4n) is 3.61. The van der Waals surface area contributed by atoms with Crippen LogP contribution in [0, 0.1) is 5.82 Å². The molecule has 38 heavy (non-hydrogen) atoms. The molecule has 4 rings (SSSR count). The van der Waals surface area contributed by atoms with E-state index in [1.54, 1.807) is 23.6 Å². The molecule has 4 aromatic rings. The summed E-state index contributed by atoms with van der Waals surface area (Å²) >= 11 is 1.27. The molecule has 0 fully saturated rings. The van der Waals surface area contributed by atoms with E-state index in [9.17, 15) is 26.0 Å². The van der Waals surface area contributed by atoms with Crippen LogP contribution in [-0.4, -0.2) is 26.5 Å². The molecule has 1 heterocycles. The molecule has 0 amide bonds. The molecule has 200 valence electrons. The molecule has 0 saturated heterocycles. The third-order valence-electron chi connectivity index (χ3n) is 5.42. The summed E-state index contributed by atoms with van der Waals surface area (Å²) < 4.78 is 85.7. The molecule has 3 aromatic carbocycles. The van der Waals surface area contributed by atoms with Crippen LogP contribution in [0.25, 0.3) is 11.3 Å². The van der Waals surface area contributed by atoms with Crippen molar-refractivity contribution in [2.75, 3.05) is 7.11 Å². The molecule has 0 aliphatic carbocycles. The molecular formula is C25H21F4N3O4S2. The second-order valence-electron chi connectivity index (χ2n) is 8.00. The third-order valence-corrected chi connectivity index (χ3v) is 7.21. The lowest BCUT2D eigenvalue weighted by Gasteiger charge is -2.11. The number of hydrogen-bond acceptors (Lipinski definition) is 6. The summed E-state index contributed by atoms with van der Waals surface area (Å²) in [5.74, 6) is -0.815. The highest BCUT2D eigenvalue weighted by Gasteiger charge is 2.30. The van der Waals surface area contributed by atoms with Gasteiger partial charge >= 0.3 is 6.36 Å². The molecule has 13 heteroatoms. The number of aryl methyl sites for hydroxylation is 1. The van der Waals surface area contributed by atoms with Crippen LogP contribution in [-0.2, 0) is 23.0 Å². The number of ether oxygens (including phenoxy) is 2.